The number of aliphatic imine (C=N–C) groups is 2. The van der Waals surface area contributed by atoms with Crippen LogP contribution in [0.1, 0.15) is 24.0 Å². The van der Waals surface area contributed by atoms with Crippen LogP contribution in [0, 0.1) is 0 Å². The molecule has 3 amide bonds. The highest BCUT2D eigenvalue weighted by molar-refractivity contribution is 8.14. The highest BCUT2D eigenvalue weighted by atomic mass is 32.2. The first-order chi connectivity index (χ1) is 19.9. The number of methoxy groups -OCH3 is 2. The van der Waals surface area contributed by atoms with Crippen molar-refractivity contribution in [3.63, 3.8) is 0 Å². The number of benzene rings is 3. The summed E-state index contributed by atoms with van der Waals surface area (Å²) in [7, 11) is 3.16. The highest BCUT2D eigenvalue weighted by Gasteiger charge is 2.41. The predicted octanol–water partition coefficient (Wildman–Crippen LogP) is 4.13. The van der Waals surface area contributed by atoms with Gasteiger partial charge in [-0.1, -0.05) is 42.1 Å². The third kappa shape index (κ3) is 6.58. The number of ether oxygens (including phenoxy) is 2. The molecule has 10 nitrogen and oxygen atoms in total. The van der Waals surface area contributed by atoms with Crippen LogP contribution in [0.5, 0.6) is 11.5 Å². The summed E-state index contributed by atoms with van der Waals surface area (Å²) in [4.78, 5) is 49.6. The third-order valence-corrected chi connectivity index (χ3v) is 7.47. The number of carbonyl (C=O) groups excluding carboxylic acids is 3. The summed E-state index contributed by atoms with van der Waals surface area (Å²) < 4.78 is 10.4. The maximum atomic E-state index is 13.5. The molecule has 0 unspecified atom stereocenters. The molecular formula is C30H29N5O5S. The van der Waals surface area contributed by atoms with Crippen LogP contribution in [0.25, 0.3) is 0 Å². The van der Waals surface area contributed by atoms with E-state index in [0.29, 0.717) is 34.7 Å². The Morgan fingerprint density at radius 1 is 0.951 bits per heavy atom. The number of hydrogen-bond acceptors (Lipinski definition) is 8. The second-order valence-corrected chi connectivity index (χ2v) is 10.2. The fourth-order valence-corrected chi connectivity index (χ4v) is 5.22. The zero-order valence-corrected chi connectivity index (χ0v) is 23.4. The highest BCUT2D eigenvalue weighted by Crippen LogP contribution is 2.34. The second kappa shape index (κ2) is 12.7. The number of fused-ring (bicyclic) bond motifs is 3. The van der Waals surface area contributed by atoms with Gasteiger partial charge in [-0.2, -0.15) is 0 Å². The largest absolute Gasteiger partial charge is 0.497 e. The van der Waals surface area contributed by atoms with E-state index in [1.165, 1.54) is 4.90 Å². The fourth-order valence-electron chi connectivity index (χ4n) is 4.42. The lowest BCUT2D eigenvalue weighted by atomic mass is 10.1. The summed E-state index contributed by atoms with van der Waals surface area (Å²) in [5.74, 6) is 1.21. The molecular weight excluding hydrogens is 542 g/mol. The van der Waals surface area contributed by atoms with Gasteiger partial charge in [-0.15, -0.1) is 0 Å². The maximum absolute atomic E-state index is 13.5. The minimum Gasteiger partial charge on any atom is -0.497 e. The lowest BCUT2D eigenvalue weighted by molar-refractivity contribution is -0.125. The molecule has 0 saturated heterocycles. The molecule has 41 heavy (non-hydrogen) atoms. The Bertz CT molecular complexity index is 1520. The number of amidine groups is 2. The van der Waals surface area contributed by atoms with Crippen LogP contribution in [0.15, 0.2) is 82.8 Å². The van der Waals surface area contributed by atoms with Crippen LogP contribution in [0.4, 0.5) is 11.4 Å². The van der Waals surface area contributed by atoms with E-state index in [1.807, 2.05) is 48.5 Å². The van der Waals surface area contributed by atoms with Crippen LogP contribution in [-0.2, 0) is 20.9 Å². The van der Waals surface area contributed by atoms with Gasteiger partial charge in [0.2, 0.25) is 11.8 Å². The average Bonchev–Trinajstić information content (AvgIpc) is 3.34. The summed E-state index contributed by atoms with van der Waals surface area (Å²) in [6, 6.07) is 21.2. The number of amides is 3. The van der Waals surface area contributed by atoms with E-state index in [9.17, 15) is 14.4 Å². The Morgan fingerprint density at radius 2 is 1.73 bits per heavy atom. The predicted molar refractivity (Wildman–Crippen MR) is 159 cm³/mol. The Morgan fingerprint density at radius 3 is 2.51 bits per heavy atom. The number of para-hydroxylation sites is 1. The van der Waals surface area contributed by atoms with Crippen molar-refractivity contribution >= 4 is 51.9 Å². The quantitative estimate of drug-likeness (QED) is 0.378. The molecule has 0 bridgehead atoms. The number of anilines is 1. The van der Waals surface area contributed by atoms with Crippen LogP contribution in [0.3, 0.4) is 0 Å². The minimum absolute atomic E-state index is 0.0354. The fraction of sp³-hybridized carbons (Fsp3) is 0.233. The van der Waals surface area contributed by atoms with Crippen molar-refractivity contribution in [1.82, 2.24) is 10.2 Å². The van der Waals surface area contributed by atoms with Crippen molar-refractivity contribution in [3.05, 3.63) is 83.9 Å². The standard InChI is InChI=1S/C30H29N5O5S/c1-39-21-12-10-19(11-13-21)17-31-26(36)15-14-25-29(38)35-28(33-25)23-8-3-4-9-24(23)34-30(35)41-18-27(37)32-20-6-5-7-22(16-20)40-2/h3-13,16,25H,14-15,17-18H2,1-2H3,(H,31,36)(H,32,37)/t25-/m1/s1. The van der Waals surface area contributed by atoms with Crippen LogP contribution < -0.4 is 20.1 Å². The molecule has 0 aromatic heterocycles. The third-order valence-electron chi connectivity index (χ3n) is 6.53. The molecule has 2 aliphatic rings. The van der Waals surface area contributed by atoms with Gasteiger partial charge in [-0.3, -0.25) is 19.4 Å². The zero-order chi connectivity index (χ0) is 28.8. The van der Waals surface area contributed by atoms with E-state index in [1.54, 1.807) is 38.5 Å². The van der Waals surface area contributed by atoms with Crippen molar-refractivity contribution in [1.29, 1.82) is 0 Å². The molecule has 0 aliphatic carbocycles. The Balaban J connectivity index is 1.22. The molecule has 0 radical (unpaired) electrons. The summed E-state index contributed by atoms with van der Waals surface area (Å²) in [6.07, 6.45) is 0.394. The summed E-state index contributed by atoms with van der Waals surface area (Å²) >= 11 is 1.16. The number of hydrogen-bond donors (Lipinski definition) is 2. The molecule has 0 fully saturated rings. The van der Waals surface area contributed by atoms with Gasteiger partial charge in [0.25, 0.3) is 5.91 Å². The van der Waals surface area contributed by atoms with Crippen molar-refractivity contribution in [3.8, 4) is 11.5 Å². The van der Waals surface area contributed by atoms with E-state index in [0.717, 1.165) is 28.6 Å². The molecule has 11 heteroatoms. The monoisotopic (exact) mass is 571 g/mol. The van der Waals surface area contributed by atoms with Gasteiger partial charge in [-0.05, 0) is 48.4 Å². The van der Waals surface area contributed by atoms with E-state index in [2.05, 4.69) is 15.6 Å². The van der Waals surface area contributed by atoms with E-state index in [4.69, 9.17) is 14.5 Å². The number of rotatable bonds is 10. The summed E-state index contributed by atoms with van der Waals surface area (Å²) in [5.41, 5.74) is 2.95. The molecule has 0 spiro atoms. The molecule has 1 atom stereocenters. The van der Waals surface area contributed by atoms with Gasteiger partial charge >= 0.3 is 0 Å². The van der Waals surface area contributed by atoms with Crippen molar-refractivity contribution < 1.29 is 23.9 Å². The van der Waals surface area contributed by atoms with E-state index < -0.39 is 6.04 Å². The smallest absolute Gasteiger partial charge is 0.259 e. The first-order valence-electron chi connectivity index (χ1n) is 13.0. The molecule has 0 saturated carbocycles. The lowest BCUT2D eigenvalue weighted by Gasteiger charge is -2.25. The number of nitrogens with zero attached hydrogens (tertiary/aromatic N) is 3. The van der Waals surface area contributed by atoms with Crippen LogP contribution in [0.2, 0.25) is 0 Å². The molecule has 2 heterocycles. The van der Waals surface area contributed by atoms with Crippen LogP contribution in [-0.4, -0.2) is 59.6 Å². The lowest BCUT2D eigenvalue weighted by Crippen LogP contribution is -2.41. The maximum Gasteiger partial charge on any atom is 0.259 e. The van der Waals surface area contributed by atoms with Gasteiger partial charge in [0.15, 0.2) is 5.17 Å². The Kier molecular flexibility index (Phi) is 8.64. The second-order valence-electron chi connectivity index (χ2n) is 9.29. The summed E-state index contributed by atoms with van der Waals surface area (Å²) in [5, 5.41) is 6.10. The number of thioether (sulfide) groups is 1. The zero-order valence-electron chi connectivity index (χ0n) is 22.6. The van der Waals surface area contributed by atoms with Crippen molar-refractivity contribution in [2.75, 3.05) is 25.3 Å². The molecule has 5 rings (SSSR count). The van der Waals surface area contributed by atoms with Gasteiger partial charge < -0.3 is 20.1 Å². The first-order valence-corrected chi connectivity index (χ1v) is 14.0. The Hall–Kier alpha value is -4.64. The molecule has 3 aromatic rings. The van der Waals surface area contributed by atoms with E-state index >= 15 is 0 Å². The first kappa shape index (κ1) is 27.9. The van der Waals surface area contributed by atoms with Crippen molar-refractivity contribution in [2.45, 2.75) is 25.4 Å². The summed E-state index contributed by atoms with van der Waals surface area (Å²) in [6.45, 7) is 0.376. The normalized spacial score (nSPS) is 15.3. The van der Waals surface area contributed by atoms with Gasteiger partial charge in [0.1, 0.15) is 23.4 Å². The van der Waals surface area contributed by atoms with Gasteiger partial charge in [-0.25, -0.2) is 9.89 Å². The van der Waals surface area contributed by atoms with Gasteiger partial charge in [0.05, 0.1) is 25.7 Å². The number of carbonyl (C=O) groups is 3. The molecule has 2 aliphatic heterocycles. The number of nitrogens with one attached hydrogen (secondary N) is 2. The van der Waals surface area contributed by atoms with Crippen molar-refractivity contribution in [2.24, 2.45) is 9.98 Å². The molecule has 3 aromatic carbocycles. The van der Waals surface area contributed by atoms with Gasteiger partial charge in [0, 0.05) is 30.3 Å². The van der Waals surface area contributed by atoms with Crippen LogP contribution >= 0.6 is 11.8 Å². The SMILES string of the molecule is COc1ccc(CNC(=O)CC[C@H]2N=C3c4ccccc4N=C(SCC(=O)Nc4cccc(OC)c4)N3C2=O)cc1. The Labute approximate surface area is 241 Å². The average molecular weight is 572 g/mol. The topological polar surface area (TPSA) is 122 Å². The molecule has 2 N–H and O–H groups in total. The minimum atomic E-state index is -0.723. The molecule has 210 valence electrons. The van der Waals surface area contributed by atoms with E-state index in [-0.39, 0.29) is 36.3 Å².